The third-order valence-corrected chi connectivity index (χ3v) is 4.41. The molecule has 1 fully saturated rings. The zero-order valence-corrected chi connectivity index (χ0v) is 12.0. The van der Waals surface area contributed by atoms with Crippen LogP contribution in [0.5, 0.6) is 0 Å². The monoisotopic (exact) mass is 300 g/mol. The molecule has 1 aromatic rings. The molecule has 0 bridgehead atoms. The standard InChI is InChI=1S/C13H17FN2O3S/c1-2-19-13(17)9-7-12(10(14)8-11(9)15)16-3-5-20(18)6-4-16/h7-8H,2-6,15H2,1H3. The highest BCUT2D eigenvalue weighted by Gasteiger charge is 2.22. The minimum atomic E-state index is -0.843. The van der Waals surface area contributed by atoms with Crippen LogP contribution in [-0.2, 0) is 15.5 Å². The van der Waals surface area contributed by atoms with E-state index in [4.69, 9.17) is 10.5 Å². The number of esters is 1. The maximum atomic E-state index is 14.0. The van der Waals surface area contributed by atoms with Crippen LogP contribution < -0.4 is 10.6 Å². The van der Waals surface area contributed by atoms with Crippen LogP contribution in [0.1, 0.15) is 17.3 Å². The van der Waals surface area contributed by atoms with Crippen LogP contribution in [-0.4, -0.2) is 41.4 Å². The molecule has 0 aromatic heterocycles. The first kappa shape index (κ1) is 14.8. The number of carbonyl (C=O) groups is 1. The Labute approximate surface area is 119 Å². The SMILES string of the molecule is CCOC(=O)c1cc(N2CCS(=O)CC2)c(F)cc1N. The zero-order chi connectivity index (χ0) is 14.7. The van der Waals surface area contributed by atoms with E-state index < -0.39 is 22.6 Å². The number of nitrogen functional groups attached to an aromatic ring is 1. The fourth-order valence-electron chi connectivity index (χ4n) is 2.08. The van der Waals surface area contributed by atoms with Crippen molar-refractivity contribution in [2.75, 3.05) is 41.8 Å². The highest BCUT2D eigenvalue weighted by atomic mass is 32.2. The number of nitrogens with two attached hydrogens (primary N) is 1. The second-order valence-corrected chi connectivity index (χ2v) is 6.14. The van der Waals surface area contributed by atoms with Crippen molar-refractivity contribution in [3.05, 3.63) is 23.5 Å². The summed E-state index contributed by atoms with van der Waals surface area (Å²) in [5.74, 6) is -0.0491. The van der Waals surface area contributed by atoms with E-state index in [1.807, 2.05) is 0 Å². The number of carbonyl (C=O) groups excluding carboxylic acids is 1. The number of anilines is 2. The lowest BCUT2D eigenvalue weighted by atomic mass is 10.1. The van der Waals surface area contributed by atoms with E-state index in [1.54, 1.807) is 11.8 Å². The van der Waals surface area contributed by atoms with E-state index in [2.05, 4.69) is 0 Å². The number of hydrogen-bond acceptors (Lipinski definition) is 5. The minimum Gasteiger partial charge on any atom is -0.462 e. The van der Waals surface area contributed by atoms with Gasteiger partial charge in [-0.25, -0.2) is 9.18 Å². The zero-order valence-electron chi connectivity index (χ0n) is 11.2. The molecule has 1 heterocycles. The minimum absolute atomic E-state index is 0.0604. The summed E-state index contributed by atoms with van der Waals surface area (Å²) in [5, 5.41) is 0. The molecule has 0 saturated carbocycles. The average Bonchev–Trinajstić information content (AvgIpc) is 2.40. The normalized spacial score (nSPS) is 16.2. The molecule has 0 amide bonds. The summed E-state index contributed by atoms with van der Waals surface area (Å²) in [4.78, 5) is 13.5. The lowest BCUT2D eigenvalue weighted by Gasteiger charge is -2.29. The van der Waals surface area contributed by atoms with Crippen molar-refractivity contribution >= 4 is 28.1 Å². The Hall–Kier alpha value is -1.63. The van der Waals surface area contributed by atoms with Gasteiger partial charge in [0, 0.05) is 41.1 Å². The van der Waals surface area contributed by atoms with Crippen LogP contribution in [0.25, 0.3) is 0 Å². The van der Waals surface area contributed by atoms with Gasteiger partial charge in [-0.3, -0.25) is 4.21 Å². The van der Waals surface area contributed by atoms with Gasteiger partial charge in [0.05, 0.1) is 17.9 Å². The average molecular weight is 300 g/mol. The van der Waals surface area contributed by atoms with Crippen molar-refractivity contribution < 1.29 is 18.1 Å². The molecule has 1 saturated heterocycles. The number of benzene rings is 1. The molecule has 5 nitrogen and oxygen atoms in total. The van der Waals surface area contributed by atoms with E-state index >= 15 is 0 Å². The van der Waals surface area contributed by atoms with Crippen LogP contribution in [0.4, 0.5) is 15.8 Å². The predicted octanol–water partition coefficient (Wildman–Crippen LogP) is 1.15. The highest BCUT2D eigenvalue weighted by Crippen LogP contribution is 2.27. The van der Waals surface area contributed by atoms with Gasteiger partial charge in [-0.2, -0.15) is 0 Å². The number of ether oxygens (including phenoxy) is 1. The molecular formula is C13H17FN2O3S. The van der Waals surface area contributed by atoms with E-state index in [0.29, 0.717) is 30.3 Å². The molecule has 2 N–H and O–H groups in total. The fraction of sp³-hybridized carbons (Fsp3) is 0.462. The van der Waals surface area contributed by atoms with Crippen molar-refractivity contribution in [1.29, 1.82) is 0 Å². The molecule has 1 aromatic carbocycles. The van der Waals surface area contributed by atoms with Crippen LogP contribution in [0, 0.1) is 5.82 Å². The molecule has 1 aliphatic rings. The Morgan fingerprint density at radius 1 is 1.45 bits per heavy atom. The molecule has 0 aliphatic carbocycles. The maximum Gasteiger partial charge on any atom is 0.340 e. The van der Waals surface area contributed by atoms with Crippen LogP contribution in [0.2, 0.25) is 0 Å². The van der Waals surface area contributed by atoms with Gasteiger partial charge >= 0.3 is 5.97 Å². The molecule has 0 atom stereocenters. The van der Waals surface area contributed by atoms with Crippen molar-refractivity contribution in [3.63, 3.8) is 0 Å². The Kier molecular flexibility index (Phi) is 4.59. The Morgan fingerprint density at radius 2 is 2.10 bits per heavy atom. The number of nitrogens with zero attached hydrogens (tertiary/aromatic N) is 1. The molecule has 0 radical (unpaired) electrons. The van der Waals surface area contributed by atoms with Gasteiger partial charge in [-0.05, 0) is 19.1 Å². The van der Waals surface area contributed by atoms with Crippen LogP contribution >= 0.6 is 0 Å². The summed E-state index contributed by atoms with van der Waals surface area (Å²) in [7, 11) is -0.843. The Balaban J connectivity index is 2.31. The van der Waals surface area contributed by atoms with Gasteiger partial charge in [0.2, 0.25) is 0 Å². The maximum absolute atomic E-state index is 14.0. The largest absolute Gasteiger partial charge is 0.462 e. The van der Waals surface area contributed by atoms with Gasteiger partial charge in [0.25, 0.3) is 0 Å². The second kappa shape index (κ2) is 6.21. The van der Waals surface area contributed by atoms with Gasteiger partial charge in [-0.1, -0.05) is 0 Å². The summed E-state index contributed by atoms with van der Waals surface area (Å²) < 4.78 is 30.2. The highest BCUT2D eigenvalue weighted by molar-refractivity contribution is 7.85. The third kappa shape index (κ3) is 3.09. The summed E-state index contributed by atoms with van der Waals surface area (Å²) in [6.45, 7) is 2.91. The first-order valence-corrected chi connectivity index (χ1v) is 7.87. The summed E-state index contributed by atoms with van der Waals surface area (Å²) in [6.07, 6.45) is 0. The number of rotatable bonds is 3. The smallest absolute Gasteiger partial charge is 0.340 e. The molecule has 7 heteroatoms. The van der Waals surface area contributed by atoms with Gasteiger partial charge in [-0.15, -0.1) is 0 Å². The first-order valence-electron chi connectivity index (χ1n) is 6.39. The Bertz CT molecular complexity index is 541. The molecule has 0 spiro atoms. The van der Waals surface area contributed by atoms with Gasteiger partial charge < -0.3 is 15.4 Å². The lowest BCUT2D eigenvalue weighted by Crippen LogP contribution is -2.38. The van der Waals surface area contributed by atoms with Crippen molar-refractivity contribution in [3.8, 4) is 0 Å². The van der Waals surface area contributed by atoms with Crippen LogP contribution in [0.3, 0.4) is 0 Å². The number of hydrogen-bond donors (Lipinski definition) is 1. The predicted molar refractivity (Wildman–Crippen MR) is 76.9 cm³/mol. The van der Waals surface area contributed by atoms with Crippen molar-refractivity contribution in [1.82, 2.24) is 0 Å². The van der Waals surface area contributed by atoms with E-state index in [1.165, 1.54) is 6.07 Å². The Morgan fingerprint density at radius 3 is 2.70 bits per heavy atom. The van der Waals surface area contributed by atoms with Gasteiger partial charge in [0.1, 0.15) is 5.82 Å². The van der Waals surface area contributed by atoms with Crippen molar-refractivity contribution in [2.45, 2.75) is 6.92 Å². The van der Waals surface area contributed by atoms with Crippen molar-refractivity contribution in [2.24, 2.45) is 0 Å². The van der Waals surface area contributed by atoms with Gasteiger partial charge in [0.15, 0.2) is 0 Å². The van der Waals surface area contributed by atoms with Crippen LogP contribution in [0.15, 0.2) is 12.1 Å². The summed E-state index contributed by atoms with van der Waals surface area (Å²) in [6, 6.07) is 2.55. The topological polar surface area (TPSA) is 72.6 Å². The second-order valence-electron chi connectivity index (χ2n) is 4.45. The summed E-state index contributed by atoms with van der Waals surface area (Å²) >= 11 is 0. The molecule has 0 unspecified atom stereocenters. The quantitative estimate of drug-likeness (QED) is 0.670. The number of halogens is 1. The molecule has 110 valence electrons. The summed E-state index contributed by atoms with van der Waals surface area (Å²) in [5.41, 5.74) is 6.19. The molecular weight excluding hydrogens is 283 g/mol. The first-order chi connectivity index (χ1) is 9.52. The molecule has 1 aliphatic heterocycles. The lowest BCUT2D eigenvalue weighted by molar-refractivity contribution is 0.0527. The van der Waals surface area contributed by atoms with E-state index in [-0.39, 0.29) is 17.9 Å². The molecule has 20 heavy (non-hydrogen) atoms. The van der Waals surface area contributed by atoms with E-state index in [9.17, 15) is 13.4 Å². The molecule has 2 rings (SSSR count). The fourth-order valence-corrected chi connectivity index (χ4v) is 3.14. The van der Waals surface area contributed by atoms with E-state index in [0.717, 1.165) is 6.07 Å². The third-order valence-electron chi connectivity index (χ3n) is 3.13.